The maximum Gasteiger partial charge on any atom is 0.331 e. The average Bonchev–Trinajstić information content (AvgIpc) is 2.38. The van der Waals surface area contributed by atoms with Gasteiger partial charge in [-0.25, -0.2) is 4.79 Å². The van der Waals surface area contributed by atoms with Crippen molar-refractivity contribution in [2.45, 2.75) is 45.6 Å². The third-order valence-corrected chi connectivity index (χ3v) is 4.43. The van der Waals surface area contributed by atoms with Gasteiger partial charge in [0, 0.05) is 10.7 Å². The number of esters is 1. The Kier molecular flexibility index (Phi) is 4.52. The molecule has 2 rings (SSSR count). The summed E-state index contributed by atoms with van der Waals surface area (Å²) < 4.78 is 5.10. The lowest BCUT2D eigenvalue weighted by molar-refractivity contribution is -0.149. The molecule has 0 aliphatic heterocycles. The fourth-order valence-electron chi connectivity index (χ4n) is 3.88. The maximum absolute atomic E-state index is 12.5. The number of hydrogen-bond donors (Lipinski definition) is 1. The number of hydrogen-bond acceptors (Lipinski definition) is 3. The molecule has 2 atom stereocenters. The Labute approximate surface area is 132 Å². The average molecular weight is 310 g/mol. The lowest BCUT2D eigenvalue weighted by atomic mass is 9.64. The van der Waals surface area contributed by atoms with E-state index < -0.39 is 5.54 Å². The van der Waals surface area contributed by atoms with E-state index in [1.165, 1.54) is 7.11 Å². The summed E-state index contributed by atoms with van der Waals surface area (Å²) in [4.78, 5) is 12.5. The topological polar surface area (TPSA) is 38.3 Å². The van der Waals surface area contributed by atoms with E-state index in [1.807, 2.05) is 24.3 Å². The SMILES string of the molecule is COC(=O)C1(Nc2ccc(Cl)cc2)CC(C)CC(C)(C)C1. The van der Waals surface area contributed by atoms with Gasteiger partial charge in [0.05, 0.1) is 7.11 Å². The summed E-state index contributed by atoms with van der Waals surface area (Å²) >= 11 is 5.93. The van der Waals surface area contributed by atoms with Crippen LogP contribution in [0.2, 0.25) is 5.02 Å². The number of carbonyl (C=O) groups is 1. The second-order valence-electron chi connectivity index (χ2n) is 7.06. The first-order valence-electron chi connectivity index (χ1n) is 7.38. The van der Waals surface area contributed by atoms with E-state index in [0.29, 0.717) is 10.9 Å². The smallest absolute Gasteiger partial charge is 0.331 e. The lowest BCUT2D eigenvalue weighted by Gasteiger charge is -2.46. The van der Waals surface area contributed by atoms with Gasteiger partial charge in [0.15, 0.2) is 0 Å². The minimum absolute atomic E-state index is 0.102. The molecule has 0 amide bonds. The summed E-state index contributed by atoms with van der Waals surface area (Å²) in [6, 6.07) is 7.46. The van der Waals surface area contributed by atoms with Crippen LogP contribution >= 0.6 is 11.6 Å². The number of halogens is 1. The van der Waals surface area contributed by atoms with Crippen LogP contribution in [-0.4, -0.2) is 18.6 Å². The van der Waals surface area contributed by atoms with Crippen molar-refractivity contribution in [3.8, 4) is 0 Å². The van der Waals surface area contributed by atoms with E-state index >= 15 is 0 Å². The van der Waals surface area contributed by atoms with Crippen LogP contribution in [0, 0.1) is 11.3 Å². The summed E-state index contributed by atoms with van der Waals surface area (Å²) in [7, 11) is 1.46. The first kappa shape index (κ1) is 16.2. The number of ether oxygens (including phenoxy) is 1. The predicted molar refractivity (Wildman–Crippen MR) is 86.6 cm³/mol. The summed E-state index contributed by atoms with van der Waals surface area (Å²) in [5, 5.41) is 4.11. The number of rotatable bonds is 3. The van der Waals surface area contributed by atoms with Crippen LogP contribution in [0.3, 0.4) is 0 Å². The molecule has 1 saturated carbocycles. The highest BCUT2D eigenvalue weighted by atomic mass is 35.5. The fourth-order valence-corrected chi connectivity index (χ4v) is 4.00. The number of anilines is 1. The fraction of sp³-hybridized carbons (Fsp3) is 0.588. The third kappa shape index (κ3) is 3.70. The highest BCUT2D eigenvalue weighted by Gasteiger charge is 2.48. The van der Waals surface area contributed by atoms with Gasteiger partial charge in [-0.2, -0.15) is 0 Å². The van der Waals surface area contributed by atoms with Gasteiger partial charge in [-0.05, 0) is 54.9 Å². The Balaban J connectivity index is 2.33. The second-order valence-corrected chi connectivity index (χ2v) is 7.50. The molecular weight excluding hydrogens is 286 g/mol. The van der Waals surface area contributed by atoms with E-state index in [1.54, 1.807) is 0 Å². The normalized spacial score (nSPS) is 28.0. The quantitative estimate of drug-likeness (QED) is 0.835. The van der Waals surface area contributed by atoms with Gasteiger partial charge in [0.25, 0.3) is 0 Å². The van der Waals surface area contributed by atoms with Gasteiger partial charge in [-0.15, -0.1) is 0 Å². The van der Waals surface area contributed by atoms with Crippen LogP contribution in [0.25, 0.3) is 0 Å². The molecule has 2 unspecified atom stereocenters. The van der Waals surface area contributed by atoms with Crippen molar-refractivity contribution < 1.29 is 9.53 Å². The standard InChI is InChI=1S/C17H24ClNO2/c1-12-9-16(2,3)11-17(10-12,15(20)21-4)19-14-7-5-13(18)6-8-14/h5-8,12,19H,9-11H2,1-4H3. The highest BCUT2D eigenvalue weighted by molar-refractivity contribution is 6.30. The molecule has 3 nitrogen and oxygen atoms in total. The van der Waals surface area contributed by atoms with Gasteiger partial charge in [-0.3, -0.25) is 0 Å². The Bertz CT molecular complexity index is 512. The van der Waals surface area contributed by atoms with Crippen LogP contribution in [0.5, 0.6) is 0 Å². The molecule has 4 heteroatoms. The molecule has 1 aromatic rings. The van der Waals surface area contributed by atoms with Crippen molar-refractivity contribution in [2.24, 2.45) is 11.3 Å². The molecule has 1 aliphatic rings. The Morgan fingerprint density at radius 1 is 1.29 bits per heavy atom. The third-order valence-electron chi connectivity index (χ3n) is 4.18. The van der Waals surface area contributed by atoms with E-state index in [4.69, 9.17) is 16.3 Å². The highest BCUT2D eigenvalue weighted by Crippen LogP contribution is 2.45. The molecule has 21 heavy (non-hydrogen) atoms. The number of methoxy groups -OCH3 is 1. The molecule has 0 bridgehead atoms. The molecule has 1 N–H and O–H groups in total. The zero-order chi connectivity index (χ0) is 15.7. The molecule has 0 spiro atoms. The van der Waals surface area contributed by atoms with Crippen LogP contribution < -0.4 is 5.32 Å². The van der Waals surface area contributed by atoms with Crippen molar-refractivity contribution in [1.82, 2.24) is 0 Å². The first-order valence-corrected chi connectivity index (χ1v) is 7.76. The molecule has 0 radical (unpaired) electrons. The van der Waals surface area contributed by atoms with Crippen LogP contribution in [-0.2, 0) is 9.53 Å². The molecule has 0 heterocycles. The van der Waals surface area contributed by atoms with Crippen LogP contribution in [0.1, 0.15) is 40.0 Å². The van der Waals surface area contributed by atoms with Crippen LogP contribution in [0.15, 0.2) is 24.3 Å². The Hall–Kier alpha value is -1.22. The number of nitrogens with one attached hydrogen (secondary N) is 1. The van der Waals surface area contributed by atoms with E-state index in [-0.39, 0.29) is 11.4 Å². The molecular formula is C17H24ClNO2. The first-order chi connectivity index (χ1) is 9.76. The zero-order valence-electron chi connectivity index (χ0n) is 13.2. The van der Waals surface area contributed by atoms with Gasteiger partial charge >= 0.3 is 5.97 Å². The van der Waals surface area contributed by atoms with Crippen molar-refractivity contribution in [3.05, 3.63) is 29.3 Å². The van der Waals surface area contributed by atoms with Gasteiger partial charge in [-0.1, -0.05) is 32.4 Å². The van der Waals surface area contributed by atoms with Crippen molar-refractivity contribution in [3.63, 3.8) is 0 Å². The number of benzene rings is 1. The number of carbonyl (C=O) groups excluding carboxylic acids is 1. The summed E-state index contributed by atoms with van der Waals surface area (Å²) in [6.45, 7) is 6.62. The predicted octanol–water partition coefficient (Wildman–Crippen LogP) is 4.51. The molecule has 0 saturated heterocycles. The van der Waals surface area contributed by atoms with E-state index in [2.05, 4.69) is 26.1 Å². The maximum atomic E-state index is 12.5. The van der Waals surface area contributed by atoms with Crippen LogP contribution in [0.4, 0.5) is 5.69 Å². The van der Waals surface area contributed by atoms with Crippen molar-refractivity contribution in [2.75, 3.05) is 12.4 Å². The summed E-state index contributed by atoms with van der Waals surface area (Å²) in [5.74, 6) is 0.282. The second kappa shape index (κ2) is 5.88. The van der Waals surface area contributed by atoms with E-state index in [9.17, 15) is 4.79 Å². The van der Waals surface area contributed by atoms with Gasteiger partial charge in [0.2, 0.25) is 0 Å². The van der Waals surface area contributed by atoms with Crippen molar-refractivity contribution in [1.29, 1.82) is 0 Å². The minimum Gasteiger partial charge on any atom is -0.467 e. The molecule has 116 valence electrons. The molecule has 1 aliphatic carbocycles. The zero-order valence-corrected chi connectivity index (χ0v) is 14.0. The Morgan fingerprint density at radius 3 is 2.43 bits per heavy atom. The monoisotopic (exact) mass is 309 g/mol. The van der Waals surface area contributed by atoms with E-state index in [0.717, 1.165) is 24.9 Å². The van der Waals surface area contributed by atoms with Crippen molar-refractivity contribution >= 4 is 23.3 Å². The minimum atomic E-state index is -0.663. The largest absolute Gasteiger partial charge is 0.467 e. The van der Waals surface area contributed by atoms with Gasteiger partial charge in [0.1, 0.15) is 5.54 Å². The lowest BCUT2D eigenvalue weighted by Crippen LogP contribution is -2.54. The summed E-state index contributed by atoms with van der Waals surface area (Å²) in [5.41, 5.74) is 0.337. The van der Waals surface area contributed by atoms with Gasteiger partial charge < -0.3 is 10.1 Å². The molecule has 0 aromatic heterocycles. The Morgan fingerprint density at radius 2 is 1.90 bits per heavy atom. The summed E-state index contributed by atoms with van der Waals surface area (Å²) in [6.07, 6.45) is 2.67. The molecule has 1 fully saturated rings. The molecule has 1 aromatic carbocycles.